The molecule has 2 unspecified atom stereocenters. The highest BCUT2D eigenvalue weighted by Crippen LogP contribution is 2.58. The predicted octanol–water partition coefficient (Wildman–Crippen LogP) is 4.45. The molecule has 0 radical (unpaired) electrons. The smallest absolute Gasteiger partial charge is 0.225 e. The quantitative estimate of drug-likeness (QED) is 0.616. The van der Waals surface area contributed by atoms with Crippen molar-refractivity contribution in [3.05, 3.63) is 18.0 Å². The predicted molar refractivity (Wildman–Crippen MR) is 136 cm³/mol. The monoisotopic (exact) mass is 467 g/mol. The summed E-state index contributed by atoms with van der Waals surface area (Å²) in [5.41, 5.74) is 1.99. The molecule has 1 aromatic rings. The maximum Gasteiger partial charge on any atom is 0.225 e. The van der Waals surface area contributed by atoms with E-state index in [1.54, 1.807) is 0 Å². The summed E-state index contributed by atoms with van der Waals surface area (Å²) in [6.07, 6.45) is 15.7. The minimum absolute atomic E-state index is 0.375. The second kappa shape index (κ2) is 9.01. The van der Waals surface area contributed by atoms with Crippen molar-refractivity contribution in [2.24, 2.45) is 5.41 Å². The molecule has 4 heterocycles. The largest absolute Gasteiger partial charge is 0.376 e. The summed E-state index contributed by atoms with van der Waals surface area (Å²) in [7, 11) is 0. The Kier molecular flexibility index (Phi) is 6.14. The molecule has 2 saturated carbocycles. The number of likely N-dealkylation sites (tertiary alicyclic amines) is 2. The Morgan fingerprint density at radius 3 is 2.03 bits per heavy atom. The fourth-order valence-corrected chi connectivity index (χ4v) is 7.88. The van der Waals surface area contributed by atoms with Crippen LogP contribution in [-0.2, 0) is 4.74 Å². The van der Waals surface area contributed by atoms with Crippen LogP contribution < -0.4 is 4.90 Å². The van der Waals surface area contributed by atoms with E-state index in [0.29, 0.717) is 41.7 Å². The highest BCUT2D eigenvalue weighted by Gasteiger charge is 2.55. The molecule has 6 nitrogen and oxygen atoms in total. The van der Waals surface area contributed by atoms with Gasteiger partial charge in [0.25, 0.3) is 0 Å². The summed E-state index contributed by atoms with van der Waals surface area (Å²) in [6.45, 7) is 13.8. The molecule has 1 aromatic heterocycles. The van der Waals surface area contributed by atoms with Crippen LogP contribution in [0, 0.1) is 5.41 Å². The average molecular weight is 468 g/mol. The Hall–Kier alpha value is -1.24. The van der Waals surface area contributed by atoms with Gasteiger partial charge in [-0.25, -0.2) is 9.97 Å². The van der Waals surface area contributed by atoms with E-state index in [2.05, 4.69) is 54.8 Å². The summed E-state index contributed by atoms with van der Waals surface area (Å²) >= 11 is 0. The minimum Gasteiger partial charge on any atom is -0.376 e. The van der Waals surface area contributed by atoms with Gasteiger partial charge in [0.2, 0.25) is 5.95 Å². The lowest BCUT2D eigenvalue weighted by molar-refractivity contribution is -0.160. The van der Waals surface area contributed by atoms with Crippen LogP contribution in [0.2, 0.25) is 0 Å². The molecule has 188 valence electrons. The van der Waals surface area contributed by atoms with Crippen LogP contribution in [0.15, 0.2) is 12.4 Å². The van der Waals surface area contributed by atoms with Crippen molar-refractivity contribution < 1.29 is 4.74 Å². The fraction of sp³-hybridized carbons (Fsp3) is 0.857. The molecule has 1 spiro atoms. The molecule has 6 heteroatoms. The summed E-state index contributed by atoms with van der Waals surface area (Å²) in [6, 6.07) is 2.63. The molecule has 2 atom stereocenters. The van der Waals surface area contributed by atoms with Gasteiger partial charge >= 0.3 is 0 Å². The Labute approximate surface area is 206 Å². The van der Waals surface area contributed by atoms with Gasteiger partial charge in [0, 0.05) is 49.7 Å². The minimum atomic E-state index is 0.375. The Balaban J connectivity index is 0.985. The number of hydrogen-bond donors (Lipinski definition) is 0. The van der Waals surface area contributed by atoms with Crippen molar-refractivity contribution in [3.63, 3.8) is 0 Å². The molecule has 0 aromatic carbocycles. The molecule has 34 heavy (non-hydrogen) atoms. The van der Waals surface area contributed by atoms with Crippen molar-refractivity contribution in [1.82, 2.24) is 19.8 Å². The zero-order valence-electron chi connectivity index (χ0n) is 21.8. The molecular weight excluding hydrogens is 422 g/mol. The van der Waals surface area contributed by atoms with Gasteiger partial charge in [-0.05, 0) is 109 Å². The second-order valence-electron chi connectivity index (χ2n) is 12.7. The van der Waals surface area contributed by atoms with Crippen LogP contribution in [0.1, 0.15) is 90.5 Å². The van der Waals surface area contributed by atoms with E-state index in [0.717, 1.165) is 25.1 Å². The number of aromatic nitrogens is 2. The SMILES string of the molecule is CC(C)OC1CC2(C1)CC(N1CCC(c3cnc(N4C5CCC4CN(C(C)C)C5)nc3)CC1)C2. The van der Waals surface area contributed by atoms with Crippen LogP contribution in [0.4, 0.5) is 5.95 Å². The van der Waals surface area contributed by atoms with Gasteiger partial charge in [-0.3, -0.25) is 4.90 Å². The fourth-order valence-electron chi connectivity index (χ4n) is 7.88. The molecule has 2 aliphatic carbocycles. The first-order chi connectivity index (χ1) is 16.4. The van der Waals surface area contributed by atoms with Crippen molar-refractivity contribution in [2.75, 3.05) is 31.1 Å². The number of nitrogens with zero attached hydrogens (tertiary/aromatic N) is 5. The second-order valence-corrected chi connectivity index (χ2v) is 12.7. The zero-order chi connectivity index (χ0) is 23.4. The molecule has 3 saturated heterocycles. The normalized spacial score (nSPS) is 36.9. The highest BCUT2D eigenvalue weighted by molar-refractivity contribution is 5.38. The van der Waals surface area contributed by atoms with Crippen LogP contribution in [0.5, 0.6) is 0 Å². The first-order valence-electron chi connectivity index (χ1n) is 14.1. The number of fused-ring (bicyclic) bond motifs is 2. The van der Waals surface area contributed by atoms with Gasteiger partial charge in [-0.2, -0.15) is 0 Å². The van der Waals surface area contributed by atoms with Crippen LogP contribution in [0.3, 0.4) is 0 Å². The molecule has 0 N–H and O–H groups in total. The Morgan fingerprint density at radius 1 is 0.853 bits per heavy atom. The first kappa shape index (κ1) is 23.2. The van der Waals surface area contributed by atoms with Gasteiger partial charge in [-0.15, -0.1) is 0 Å². The number of rotatable bonds is 6. The van der Waals surface area contributed by atoms with Crippen molar-refractivity contribution in [1.29, 1.82) is 0 Å². The summed E-state index contributed by atoms with van der Waals surface area (Å²) < 4.78 is 6.01. The van der Waals surface area contributed by atoms with Gasteiger partial charge in [-0.1, -0.05) is 0 Å². The van der Waals surface area contributed by atoms with E-state index in [1.165, 1.54) is 70.0 Å². The summed E-state index contributed by atoms with van der Waals surface area (Å²) in [5, 5.41) is 0. The highest BCUT2D eigenvalue weighted by atomic mass is 16.5. The lowest BCUT2D eigenvalue weighted by Gasteiger charge is -2.60. The topological polar surface area (TPSA) is 44.7 Å². The summed E-state index contributed by atoms with van der Waals surface area (Å²) in [5.74, 6) is 1.60. The van der Waals surface area contributed by atoms with E-state index in [1.807, 2.05) is 0 Å². The lowest BCUT2D eigenvalue weighted by atomic mass is 9.52. The van der Waals surface area contributed by atoms with Gasteiger partial charge in [0.15, 0.2) is 0 Å². The lowest BCUT2D eigenvalue weighted by Crippen LogP contribution is -2.59. The van der Waals surface area contributed by atoms with E-state index in [-0.39, 0.29) is 0 Å². The van der Waals surface area contributed by atoms with Gasteiger partial charge in [0.1, 0.15) is 0 Å². The Morgan fingerprint density at radius 2 is 1.47 bits per heavy atom. The number of hydrogen-bond acceptors (Lipinski definition) is 6. The average Bonchev–Trinajstić information content (AvgIpc) is 3.03. The van der Waals surface area contributed by atoms with Gasteiger partial charge in [0.05, 0.1) is 12.2 Å². The van der Waals surface area contributed by atoms with Crippen molar-refractivity contribution >= 4 is 5.95 Å². The molecular formula is C28H45N5O. The van der Waals surface area contributed by atoms with Crippen LogP contribution in [-0.4, -0.2) is 82.3 Å². The molecule has 5 aliphatic rings. The van der Waals surface area contributed by atoms with Crippen molar-refractivity contribution in [3.8, 4) is 0 Å². The van der Waals surface area contributed by atoms with Crippen LogP contribution >= 0.6 is 0 Å². The van der Waals surface area contributed by atoms with E-state index >= 15 is 0 Å². The van der Waals surface area contributed by atoms with Crippen LogP contribution in [0.25, 0.3) is 0 Å². The first-order valence-corrected chi connectivity index (χ1v) is 14.1. The third kappa shape index (κ3) is 4.28. The van der Waals surface area contributed by atoms with E-state index in [4.69, 9.17) is 14.7 Å². The van der Waals surface area contributed by atoms with E-state index < -0.39 is 0 Å². The maximum absolute atomic E-state index is 6.01. The van der Waals surface area contributed by atoms with E-state index in [9.17, 15) is 0 Å². The molecule has 6 rings (SSSR count). The zero-order valence-corrected chi connectivity index (χ0v) is 21.8. The van der Waals surface area contributed by atoms with Crippen molar-refractivity contribution in [2.45, 2.75) is 121 Å². The number of anilines is 1. The molecule has 5 fully saturated rings. The number of piperazine rings is 1. The third-order valence-corrected chi connectivity index (χ3v) is 9.77. The molecule has 3 aliphatic heterocycles. The molecule has 0 amide bonds. The third-order valence-electron chi connectivity index (χ3n) is 9.77. The maximum atomic E-state index is 6.01. The molecule has 2 bridgehead atoms. The standard InChI is InChI=1S/C28H45N5O/c1-19(2)32-17-23-5-6-24(18-32)33(23)27-29-15-22(16-30-27)21-7-9-31(10-8-21)25-11-28(12-25)13-26(14-28)34-20(3)4/h15-16,19-21,23-26H,5-14,17-18H2,1-4H3. The summed E-state index contributed by atoms with van der Waals surface area (Å²) in [4.78, 5) is 17.8. The number of ether oxygens (including phenoxy) is 1. The Bertz CT molecular complexity index is 821. The van der Waals surface area contributed by atoms with Gasteiger partial charge < -0.3 is 14.5 Å². The number of piperidine rings is 1.